The van der Waals surface area contributed by atoms with Crippen molar-refractivity contribution in [2.24, 2.45) is 5.73 Å². The molecule has 1 aromatic rings. The number of nitrogens with two attached hydrogens (primary N) is 1. The lowest BCUT2D eigenvalue weighted by molar-refractivity contribution is 0.430. The molecule has 3 heteroatoms. The van der Waals surface area contributed by atoms with Crippen molar-refractivity contribution < 1.29 is 9.84 Å². The highest BCUT2D eigenvalue weighted by atomic mass is 16.5. The second kappa shape index (κ2) is 8.28. The number of benzene rings is 1. The summed E-state index contributed by atoms with van der Waals surface area (Å²) >= 11 is 0. The Morgan fingerprint density at radius 2 is 1.65 bits per heavy atom. The SMILES string of the molecule is C/C=C(N)\C(=C/C)Oc1ccc(O)cc1.CC. The quantitative estimate of drug-likeness (QED) is 0.622. The van der Waals surface area contributed by atoms with E-state index in [0.29, 0.717) is 17.2 Å². The van der Waals surface area contributed by atoms with Gasteiger partial charge in [0.25, 0.3) is 0 Å². The van der Waals surface area contributed by atoms with Crippen LogP contribution in [0.5, 0.6) is 11.5 Å². The molecule has 0 aliphatic rings. The van der Waals surface area contributed by atoms with Crippen LogP contribution in [0.4, 0.5) is 0 Å². The maximum Gasteiger partial charge on any atom is 0.145 e. The van der Waals surface area contributed by atoms with Crippen molar-refractivity contribution in [3.8, 4) is 11.5 Å². The molecule has 0 fully saturated rings. The first-order chi connectivity index (χ1) is 8.17. The van der Waals surface area contributed by atoms with Gasteiger partial charge in [0.05, 0.1) is 5.70 Å². The van der Waals surface area contributed by atoms with E-state index in [-0.39, 0.29) is 5.75 Å². The monoisotopic (exact) mass is 235 g/mol. The molecule has 0 aliphatic heterocycles. The molecule has 0 radical (unpaired) electrons. The van der Waals surface area contributed by atoms with E-state index >= 15 is 0 Å². The zero-order valence-electron chi connectivity index (χ0n) is 10.9. The van der Waals surface area contributed by atoms with Crippen molar-refractivity contribution in [3.05, 3.63) is 47.9 Å². The Labute approximate surface area is 103 Å². The Morgan fingerprint density at radius 1 is 1.12 bits per heavy atom. The fourth-order valence-corrected chi connectivity index (χ4v) is 1.07. The number of phenols is 1. The van der Waals surface area contributed by atoms with Crippen molar-refractivity contribution in [2.75, 3.05) is 0 Å². The highest BCUT2D eigenvalue weighted by molar-refractivity contribution is 5.34. The Morgan fingerprint density at radius 3 is 2.06 bits per heavy atom. The minimum absolute atomic E-state index is 0.211. The maximum atomic E-state index is 9.10. The smallest absolute Gasteiger partial charge is 0.145 e. The summed E-state index contributed by atoms with van der Waals surface area (Å²) in [5, 5.41) is 9.10. The summed E-state index contributed by atoms with van der Waals surface area (Å²) in [7, 11) is 0. The Balaban J connectivity index is 0.00000121. The van der Waals surface area contributed by atoms with Gasteiger partial charge in [-0.2, -0.15) is 0 Å². The summed E-state index contributed by atoms with van der Waals surface area (Å²) in [6.45, 7) is 7.70. The van der Waals surface area contributed by atoms with Crippen LogP contribution in [0.15, 0.2) is 47.9 Å². The highest BCUT2D eigenvalue weighted by Crippen LogP contribution is 2.19. The van der Waals surface area contributed by atoms with Crippen LogP contribution >= 0.6 is 0 Å². The predicted molar refractivity (Wildman–Crippen MR) is 71.8 cm³/mol. The molecule has 3 N–H and O–H groups in total. The van der Waals surface area contributed by atoms with E-state index in [0.717, 1.165) is 0 Å². The second-order valence-electron chi connectivity index (χ2n) is 2.99. The topological polar surface area (TPSA) is 55.5 Å². The molecular formula is C14H21NO2. The van der Waals surface area contributed by atoms with E-state index in [1.807, 2.05) is 27.7 Å². The molecule has 0 unspecified atom stereocenters. The van der Waals surface area contributed by atoms with Gasteiger partial charge < -0.3 is 15.6 Å². The Kier molecular flexibility index (Phi) is 7.35. The molecule has 0 saturated carbocycles. The summed E-state index contributed by atoms with van der Waals surface area (Å²) < 4.78 is 5.53. The van der Waals surface area contributed by atoms with Crippen LogP contribution < -0.4 is 10.5 Å². The van der Waals surface area contributed by atoms with Crippen molar-refractivity contribution >= 4 is 0 Å². The van der Waals surface area contributed by atoms with Gasteiger partial charge in [-0.1, -0.05) is 19.9 Å². The molecule has 0 saturated heterocycles. The van der Waals surface area contributed by atoms with Gasteiger partial charge in [0.1, 0.15) is 17.3 Å². The molecule has 0 heterocycles. The molecule has 0 amide bonds. The molecule has 0 bridgehead atoms. The maximum absolute atomic E-state index is 9.10. The molecule has 1 rings (SSSR count). The number of rotatable bonds is 3. The number of hydrogen-bond acceptors (Lipinski definition) is 3. The first-order valence-electron chi connectivity index (χ1n) is 5.72. The zero-order valence-corrected chi connectivity index (χ0v) is 10.9. The average molecular weight is 235 g/mol. The average Bonchev–Trinajstić information content (AvgIpc) is 2.39. The first-order valence-corrected chi connectivity index (χ1v) is 5.72. The van der Waals surface area contributed by atoms with Gasteiger partial charge in [-0.15, -0.1) is 0 Å². The summed E-state index contributed by atoms with van der Waals surface area (Å²) in [6.07, 6.45) is 3.57. The van der Waals surface area contributed by atoms with E-state index in [1.165, 1.54) is 0 Å². The number of hydrogen-bond donors (Lipinski definition) is 2. The highest BCUT2D eigenvalue weighted by Gasteiger charge is 2.02. The number of allylic oxidation sites excluding steroid dienone is 2. The minimum atomic E-state index is 0.211. The van der Waals surface area contributed by atoms with E-state index in [1.54, 1.807) is 36.4 Å². The molecule has 17 heavy (non-hydrogen) atoms. The summed E-state index contributed by atoms with van der Waals surface area (Å²) in [5.41, 5.74) is 6.31. The third-order valence-corrected chi connectivity index (χ3v) is 1.92. The second-order valence-corrected chi connectivity index (χ2v) is 2.99. The molecule has 0 aliphatic carbocycles. The standard InChI is InChI=1S/C12H15NO2.C2H6/c1-3-11(13)12(4-2)15-10-7-5-9(14)6-8-10;1-2/h3-8,14H,13H2,1-2H3;1-2H3/b11-3+,12-4+;. The van der Waals surface area contributed by atoms with Gasteiger partial charge in [-0.25, -0.2) is 0 Å². The Hall–Kier alpha value is -1.90. The van der Waals surface area contributed by atoms with Gasteiger partial charge in [-0.3, -0.25) is 0 Å². The third-order valence-electron chi connectivity index (χ3n) is 1.92. The number of phenolic OH excluding ortho intramolecular Hbond substituents is 1. The van der Waals surface area contributed by atoms with Crippen LogP contribution in [-0.2, 0) is 0 Å². The van der Waals surface area contributed by atoms with E-state index in [2.05, 4.69) is 0 Å². The van der Waals surface area contributed by atoms with Crippen molar-refractivity contribution in [2.45, 2.75) is 27.7 Å². The summed E-state index contributed by atoms with van der Waals surface area (Å²) in [5.74, 6) is 1.47. The molecule has 94 valence electrons. The van der Waals surface area contributed by atoms with E-state index in [4.69, 9.17) is 15.6 Å². The summed E-state index contributed by atoms with van der Waals surface area (Å²) in [6, 6.07) is 6.49. The normalized spacial score (nSPS) is 11.5. The first kappa shape index (κ1) is 15.1. The van der Waals surface area contributed by atoms with Crippen LogP contribution in [0.25, 0.3) is 0 Å². The minimum Gasteiger partial charge on any atom is -0.508 e. The molecule has 0 atom stereocenters. The molecule has 0 spiro atoms. The molecule has 0 aromatic heterocycles. The fraction of sp³-hybridized carbons (Fsp3) is 0.286. The Bertz CT molecular complexity index is 378. The van der Waals surface area contributed by atoms with Gasteiger partial charge in [-0.05, 0) is 44.2 Å². The van der Waals surface area contributed by atoms with Crippen molar-refractivity contribution in [3.63, 3.8) is 0 Å². The number of ether oxygens (including phenoxy) is 1. The lowest BCUT2D eigenvalue weighted by Gasteiger charge is -2.09. The van der Waals surface area contributed by atoms with Gasteiger partial charge in [0.2, 0.25) is 0 Å². The van der Waals surface area contributed by atoms with Crippen molar-refractivity contribution in [1.29, 1.82) is 0 Å². The molecular weight excluding hydrogens is 214 g/mol. The third kappa shape index (κ3) is 5.11. The van der Waals surface area contributed by atoms with Crippen LogP contribution in [0, 0.1) is 0 Å². The molecule has 1 aromatic carbocycles. The van der Waals surface area contributed by atoms with Crippen LogP contribution in [-0.4, -0.2) is 5.11 Å². The van der Waals surface area contributed by atoms with Crippen molar-refractivity contribution in [1.82, 2.24) is 0 Å². The van der Waals surface area contributed by atoms with Crippen LogP contribution in [0.3, 0.4) is 0 Å². The number of aromatic hydroxyl groups is 1. The lowest BCUT2D eigenvalue weighted by Crippen LogP contribution is -2.06. The van der Waals surface area contributed by atoms with Gasteiger partial charge in [0, 0.05) is 0 Å². The van der Waals surface area contributed by atoms with Gasteiger partial charge >= 0.3 is 0 Å². The predicted octanol–water partition coefficient (Wildman–Crippen LogP) is 3.56. The largest absolute Gasteiger partial charge is 0.508 e. The van der Waals surface area contributed by atoms with Crippen LogP contribution in [0.2, 0.25) is 0 Å². The zero-order chi connectivity index (χ0) is 13.3. The van der Waals surface area contributed by atoms with Crippen LogP contribution in [0.1, 0.15) is 27.7 Å². The fourth-order valence-electron chi connectivity index (χ4n) is 1.07. The lowest BCUT2D eigenvalue weighted by atomic mass is 10.3. The van der Waals surface area contributed by atoms with Gasteiger partial charge in [0.15, 0.2) is 0 Å². The van der Waals surface area contributed by atoms with E-state index in [9.17, 15) is 0 Å². The molecule has 3 nitrogen and oxygen atoms in total. The summed E-state index contributed by atoms with van der Waals surface area (Å²) in [4.78, 5) is 0. The van der Waals surface area contributed by atoms with E-state index < -0.39 is 0 Å².